The lowest BCUT2D eigenvalue weighted by molar-refractivity contribution is -0.146. The van der Waals surface area contributed by atoms with Crippen LogP contribution < -0.4 is 5.32 Å². The number of hydrogen-bond donors (Lipinski definition) is 2. The molecule has 2 aromatic rings. The van der Waals surface area contributed by atoms with E-state index in [9.17, 15) is 14.4 Å². The van der Waals surface area contributed by atoms with E-state index in [0.29, 0.717) is 32.4 Å². The van der Waals surface area contributed by atoms with Gasteiger partial charge in [0.1, 0.15) is 6.61 Å². The molecule has 0 bridgehead atoms. The van der Waals surface area contributed by atoms with Gasteiger partial charge in [-0.25, -0.2) is 4.79 Å². The molecule has 176 valence electrons. The number of alkyl carbamates (subject to hydrolysis) is 1. The van der Waals surface area contributed by atoms with Crippen LogP contribution in [0.4, 0.5) is 4.79 Å². The summed E-state index contributed by atoms with van der Waals surface area (Å²) in [6.45, 7) is 1.17. The summed E-state index contributed by atoms with van der Waals surface area (Å²) in [6.07, 6.45) is 4.64. The number of nitrogens with zero attached hydrogens (tertiary/aromatic N) is 1. The molecule has 0 saturated carbocycles. The van der Waals surface area contributed by atoms with E-state index < -0.39 is 12.1 Å². The van der Waals surface area contributed by atoms with Crippen LogP contribution in [0.2, 0.25) is 0 Å². The van der Waals surface area contributed by atoms with Crippen LogP contribution >= 0.6 is 0 Å². The van der Waals surface area contributed by atoms with Crippen molar-refractivity contribution in [2.45, 2.75) is 31.2 Å². The highest BCUT2D eigenvalue weighted by molar-refractivity contribution is 5.82. The minimum atomic E-state index is -0.791. The molecule has 5 rings (SSSR count). The highest BCUT2D eigenvalue weighted by Crippen LogP contribution is 2.44. The number of benzene rings is 2. The number of piperidine rings is 1. The van der Waals surface area contributed by atoms with Crippen LogP contribution in [-0.4, -0.2) is 53.7 Å². The summed E-state index contributed by atoms with van der Waals surface area (Å²) in [5.74, 6) is -1.47. The molecule has 1 heterocycles. The Kier molecular flexibility index (Phi) is 6.09. The first-order valence-corrected chi connectivity index (χ1v) is 11.8. The standard InChI is InChI=1S/C27H28N2O5/c30-25(29-13-11-17(12-14-29)26(31)32)18-9-10-19(15-18)28-27(33)34-16-24-22-7-3-1-5-20(22)21-6-2-4-8-23(21)24/h1-10,17-19,24H,11-16H2,(H,28,33)(H,31,32). The van der Waals surface area contributed by atoms with Gasteiger partial charge in [0, 0.05) is 19.0 Å². The third-order valence-corrected chi connectivity index (χ3v) is 7.20. The molecule has 34 heavy (non-hydrogen) atoms. The summed E-state index contributed by atoms with van der Waals surface area (Å²) in [6, 6.07) is 16.1. The number of carbonyl (C=O) groups excluding carboxylic acids is 2. The van der Waals surface area contributed by atoms with Gasteiger partial charge >= 0.3 is 12.1 Å². The Bertz CT molecular complexity index is 1090. The fourth-order valence-corrected chi connectivity index (χ4v) is 5.36. The summed E-state index contributed by atoms with van der Waals surface area (Å²) >= 11 is 0. The van der Waals surface area contributed by atoms with Crippen molar-refractivity contribution in [1.82, 2.24) is 10.2 Å². The average molecular weight is 461 g/mol. The number of aliphatic carboxylic acids is 1. The minimum absolute atomic E-state index is 0.000302. The maximum Gasteiger partial charge on any atom is 0.407 e. The summed E-state index contributed by atoms with van der Waals surface area (Å²) < 4.78 is 5.61. The predicted molar refractivity (Wildman–Crippen MR) is 126 cm³/mol. The molecule has 0 radical (unpaired) electrons. The van der Waals surface area contributed by atoms with Crippen LogP contribution in [0.1, 0.15) is 36.3 Å². The van der Waals surface area contributed by atoms with Gasteiger partial charge in [0.05, 0.1) is 17.9 Å². The fraction of sp³-hybridized carbons (Fsp3) is 0.370. The molecule has 1 saturated heterocycles. The van der Waals surface area contributed by atoms with Gasteiger partial charge < -0.3 is 20.1 Å². The average Bonchev–Trinajstić information content (AvgIpc) is 3.45. The molecule has 0 spiro atoms. The van der Waals surface area contributed by atoms with E-state index in [1.807, 2.05) is 36.4 Å². The van der Waals surface area contributed by atoms with Crippen molar-refractivity contribution in [3.05, 3.63) is 71.8 Å². The van der Waals surface area contributed by atoms with E-state index in [2.05, 4.69) is 29.6 Å². The van der Waals surface area contributed by atoms with Gasteiger partial charge in [-0.05, 0) is 41.5 Å². The van der Waals surface area contributed by atoms with Crippen LogP contribution in [0.15, 0.2) is 60.7 Å². The number of nitrogens with one attached hydrogen (secondary N) is 1. The summed E-state index contributed by atoms with van der Waals surface area (Å²) in [7, 11) is 0. The van der Waals surface area contributed by atoms with E-state index in [0.717, 1.165) is 11.1 Å². The highest BCUT2D eigenvalue weighted by Gasteiger charge is 2.33. The largest absolute Gasteiger partial charge is 0.481 e. The number of rotatable bonds is 5. The van der Waals surface area contributed by atoms with Crippen molar-refractivity contribution in [2.24, 2.45) is 11.8 Å². The fourth-order valence-electron chi connectivity index (χ4n) is 5.36. The Morgan fingerprint density at radius 2 is 1.56 bits per heavy atom. The molecule has 0 aromatic heterocycles. The quantitative estimate of drug-likeness (QED) is 0.662. The molecule has 2 aromatic carbocycles. The van der Waals surface area contributed by atoms with Gasteiger partial charge in [-0.2, -0.15) is 0 Å². The minimum Gasteiger partial charge on any atom is -0.481 e. The summed E-state index contributed by atoms with van der Waals surface area (Å²) in [5, 5.41) is 12.0. The van der Waals surface area contributed by atoms with Gasteiger partial charge in [0.15, 0.2) is 0 Å². The highest BCUT2D eigenvalue weighted by atomic mass is 16.5. The SMILES string of the molecule is O=C(NC1C=CC(C(=O)N2CCC(C(=O)O)CC2)C1)OCC1c2ccccc2-c2ccccc21. The summed E-state index contributed by atoms with van der Waals surface area (Å²) in [5.41, 5.74) is 4.68. The number of ether oxygens (including phenoxy) is 1. The van der Waals surface area contributed by atoms with Crippen LogP contribution in [0.5, 0.6) is 0 Å². The zero-order valence-electron chi connectivity index (χ0n) is 18.9. The molecule has 2 aliphatic carbocycles. The number of carbonyl (C=O) groups is 3. The number of likely N-dealkylation sites (tertiary alicyclic amines) is 1. The Hall–Kier alpha value is -3.61. The molecule has 1 aliphatic heterocycles. The van der Waals surface area contributed by atoms with Gasteiger partial charge in [0.2, 0.25) is 5.91 Å². The van der Waals surface area contributed by atoms with Crippen molar-refractivity contribution in [3.63, 3.8) is 0 Å². The molecule has 7 nitrogen and oxygen atoms in total. The maximum atomic E-state index is 12.8. The Balaban J connectivity index is 1.12. The molecule has 1 fully saturated rings. The van der Waals surface area contributed by atoms with Crippen molar-refractivity contribution in [3.8, 4) is 11.1 Å². The zero-order chi connectivity index (χ0) is 23.7. The number of carboxylic acids is 1. The Labute approximate surface area is 198 Å². The van der Waals surface area contributed by atoms with Crippen molar-refractivity contribution >= 4 is 18.0 Å². The molecular weight excluding hydrogens is 432 g/mol. The van der Waals surface area contributed by atoms with Gasteiger partial charge in [-0.1, -0.05) is 60.7 Å². The van der Waals surface area contributed by atoms with E-state index in [-0.39, 0.29) is 36.3 Å². The lowest BCUT2D eigenvalue weighted by Crippen LogP contribution is -2.43. The normalized spacial score (nSPS) is 21.7. The monoisotopic (exact) mass is 460 g/mol. The third kappa shape index (κ3) is 4.30. The number of hydrogen-bond acceptors (Lipinski definition) is 4. The van der Waals surface area contributed by atoms with Crippen LogP contribution in [-0.2, 0) is 14.3 Å². The van der Waals surface area contributed by atoms with Crippen molar-refractivity contribution in [2.75, 3.05) is 19.7 Å². The number of fused-ring (bicyclic) bond motifs is 3. The lowest BCUT2D eigenvalue weighted by Gasteiger charge is -2.31. The van der Waals surface area contributed by atoms with Crippen LogP contribution in [0.25, 0.3) is 11.1 Å². The van der Waals surface area contributed by atoms with E-state index in [1.54, 1.807) is 4.90 Å². The second kappa shape index (κ2) is 9.33. The van der Waals surface area contributed by atoms with E-state index in [1.165, 1.54) is 11.1 Å². The molecule has 2 amide bonds. The molecule has 2 unspecified atom stereocenters. The number of amides is 2. The van der Waals surface area contributed by atoms with Gasteiger partial charge in [-0.3, -0.25) is 9.59 Å². The van der Waals surface area contributed by atoms with E-state index >= 15 is 0 Å². The maximum absolute atomic E-state index is 12.8. The van der Waals surface area contributed by atoms with Gasteiger partial charge in [0.25, 0.3) is 0 Å². The topological polar surface area (TPSA) is 95.9 Å². The van der Waals surface area contributed by atoms with E-state index in [4.69, 9.17) is 9.84 Å². The van der Waals surface area contributed by atoms with Crippen LogP contribution in [0.3, 0.4) is 0 Å². The molecular formula is C27H28N2O5. The van der Waals surface area contributed by atoms with Crippen molar-refractivity contribution < 1.29 is 24.2 Å². The predicted octanol–water partition coefficient (Wildman–Crippen LogP) is 3.79. The number of carboxylic acid groups (broad SMARTS) is 1. The first-order valence-electron chi connectivity index (χ1n) is 11.8. The smallest absolute Gasteiger partial charge is 0.407 e. The molecule has 2 atom stereocenters. The lowest BCUT2D eigenvalue weighted by atomic mass is 9.95. The first-order chi connectivity index (χ1) is 16.5. The Morgan fingerprint density at radius 3 is 2.18 bits per heavy atom. The third-order valence-electron chi connectivity index (χ3n) is 7.20. The molecule has 2 N–H and O–H groups in total. The summed E-state index contributed by atoms with van der Waals surface area (Å²) in [4.78, 5) is 38.2. The molecule has 3 aliphatic rings. The first kappa shape index (κ1) is 22.2. The zero-order valence-corrected chi connectivity index (χ0v) is 18.9. The van der Waals surface area contributed by atoms with Gasteiger partial charge in [-0.15, -0.1) is 0 Å². The second-order valence-electron chi connectivity index (χ2n) is 9.24. The second-order valence-corrected chi connectivity index (χ2v) is 9.24. The van der Waals surface area contributed by atoms with Crippen molar-refractivity contribution in [1.29, 1.82) is 0 Å². The molecule has 7 heteroatoms. The Morgan fingerprint density at radius 1 is 0.941 bits per heavy atom. The van der Waals surface area contributed by atoms with Crippen LogP contribution in [0, 0.1) is 11.8 Å².